The lowest BCUT2D eigenvalue weighted by molar-refractivity contribution is -0.384. The molecular weight excluding hydrogens is 508 g/mol. The van der Waals surface area contributed by atoms with E-state index in [1.807, 2.05) is 54.0 Å². The van der Waals surface area contributed by atoms with Crippen molar-refractivity contribution in [2.75, 3.05) is 18.2 Å². The van der Waals surface area contributed by atoms with Crippen molar-refractivity contribution in [3.63, 3.8) is 0 Å². The number of carbonyl (C=O) groups is 1. The third-order valence-corrected chi connectivity index (χ3v) is 6.75. The molecule has 0 unspecified atom stereocenters. The molecule has 4 aromatic rings. The smallest absolute Gasteiger partial charge is 0.271 e. The maximum absolute atomic E-state index is 12.6. The van der Waals surface area contributed by atoms with Crippen molar-refractivity contribution in [1.82, 2.24) is 9.55 Å². The Morgan fingerprint density at radius 1 is 1.21 bits per heavy atom. The van der Waals surface area contributed by atoms with E-state index in [1.165, 1.54) is 23.9 Å². The van der Waals surface area contributed by atoms with Crippen molar-refractivity contribution >= 4 is 56.0 Å². The molecule has 1 amide bonds. The average molecular weight is 527 g/mol. The van der Waals surface area contributed by atoms with Gasteiger partial charge in [0, 0.05) is 22.3 Å². The summed E-state index contributed by atoms with van der Waals surface area (Å²) in [5, 5.41) is 14.6. The van der Waals surface area contributed by atoms with E-state index >= 15 is 0 Å². The van der Waals surface area contributed by atoms with E-state index in [0.29, 0.717) is 27.6 Å². The molecule has 33 heavy (non-hydrogen) atoms. The molecule has 0 aliphatic heterocycles. The van der Waals surface area contributed by atoms with Gasteiger partial charge in [0.05, 0.1) is 34.5 Å². The number of carbonyl (C=O) groups excluding carboxylic acids is 1. The monoisotopic (exact) mass is 526 g/mol. The van der Waals surface area contributed by atoms with Crippen LogP contribution in [0.2, 0.25) is 0 Å². The number of halogens is 1. The Morgan fingerprint density at radius 3 is 2.73 bits per heavy atom. The van der Waals surface area contributed by atoms with Crippen LogP contribution < -0.4 is 10.1 Å². The molecule has 0 aliphatic rings. The molecule has 0 saturated heterocycles. The number of ether oxygens (including phenoxy) is 1. The highest BCUT2D eigenvalue weighted by Gasteiger charge is 2.19. The summed E-state index contributed by atoms with van der Waals surface area (Å²) >= 11 is 4.69. The van der Waals surface area contributed by atoms with Crippen LogP contribution >= 0.6 is 27.7 Å². The van der Waals surface area contributed by atoms with Gasteiger partial charge in [-0.3, -0.25) is 19.5 Å². The number of benzene rings is 3. The van der Waals surface area contributed by atoms with Crippen molar-refractivity contribution in [3.8, 4) is 11.4 Å². The van der Waals surface area contributed by atoms with E-state index in [4.69, 9.17) is 4.74 Å². The molecule has 3 aromatic carbocycles. The van der Waals surface area contributed by atoms with Crippen LogP contribution in [0.15, 0.2) is 70.3 Å². The van der Waals surface area contributed by atoms with Crippen molar-refractivity contribution in [2.24, 2.45) is 0 Å². The molecule has 0 spiro atoms. The number of rotatable bonds is 7. The zero-order valence-electron chi connectivity index (χ0n) is 17.7. The number of hydrogen-bond donors (Lipinski definition) is 1. The maximum atomic E-state index is 12.6. The van der Waals surface area contributed by atoms with E-state index < -0.39 is 4.92 Å². The van der Waals surface area contributed by atoms with Gasteiger partial charge in [-0.25, -0.2) is 4.98 Å². The largest absolute Gasteiger partial charge is 0.495 e. The minimum Gasteiger partial charge on any atom is -0.495 e. The number of nitro benzene ring substituents is 1. The van der Waals surface area contributed by atoms with Gasteiger partial charge in [-0.2, -0.15) is 0 Å². The number of nitro groups is 1. The first-order valence-corrected chi connectivity index (χ1v) is 11.6. The van der Waals surface area contributed by atoms with Gasteiger partial charge in [-0.05, 0) is 48.9 Å². The number of para-hydroxylation sites is 2. The fraction of sp³-hybridized carbons (Fsp3) is 0.130. The van der Waals surface area contributed by atoms with Crippen LogP contribution in [0.5, 0.6) is 5.75 Å². The third-order valence-electron chi connectivity index (χ3n) is 4.92. The molecule has 1 heterocycles. The minimum atomic E-state index is -0.456. The molecule has 4 rings (SSSR count). The Kier molecular flexibility index (Phi) is 6.66. The molecular formula is C23H19BrN4O4S. The summed E-state index contributed by atoms with van der Waals surface area (Å²) in [6.07, 6.45) is 0. The zero-order chi connectivity index (χ0) is 23.5. The minimum absolute atomic E-state index is 0.0490. The summed E-state index contributed by atoms with van der Waals surface area (Å²) in [7, 11) is 1.57. The highest BCUT2D eigenvalue weighted by molar-refractivity contribution is 9.10. The fourth-order valence-corrected chi connectivity index (χ4v) is 4.42. The van der Waals surface area contributed by atoms with Crippen LogP contribution in [-0.2, 0) is 4.79 Å². The van der Waals surface area contributed by atoms with Gasteiger partial charge in [-0.15, -0.1) is 0 Å². The zero-order valence-corrected chi connectivity index (χ0v) is 20.1. The summed E-state index contributed by atoms with van der Waals surface area (Å²) in [6, 6.07) is 17.5. The van der Waals surface area contributed by atoms with E-state index in [0.717, 1.165) is 15.7 Å². The first kappa shape index (κ1) is 22.8. The molecule has 1 N–H and O–H groups in total. The quantitative estimate of drug-likeness (QED) is 0.187. The van der Waals surface area contributed by atoms with Crippen molar-refractivity contribution in [2.45, 2.75) is 12.1 Å². The second-order valence-corrected chi connectivity index (χ2v) is 8.93. The molecule has 8 nitrogen and oxygen atoms in total. The number of thioether (sulfide) groups is 1. The molecule has 10 heteroatoms. The average Bonchev–Trinajstić information content (AvgIpc) is 3.17. The number of methoxy groups -OCH3 is 1. The van der Waals surface area contributed by atoms with Gasteiger partial charge < -0.3 is 10.1 Å². The number of imidazole rings is 1. The highest BCUT2D eigenvalue weighted by Crippen LogP contribution is 2.34. The van der Waals surface area contributed by atoms with Gasteiger partial charge in [0.15, 0.2) is 5.16 Å². The predicted octanol–water partition coefficient (Wildman–Crippen LogP) is 5.74. The number of aromatic nitrogens is 2. The van der Waals surface area contributed by atoms with Crippen LogP contribution in [0.1, 0.15) is 5.56 Å². The summed E-state index contributed by atoms with van der Waals surface area (Å²) in [5.41, 5.74) is 3.53. The summed E-state index contributed by atoms with van der Waals surface area (Å²) < 4.78 is 8.33. The lowest BCUT2D eigenvalue weighted by Crippen LogP contribution is -2.14. The summed E-state index contributed by atoms with van der Waals surface area (Å²) in [6.45, 7) is 1.95. The van der Waals surface area contributed by atoms with Gasteiger partial charge >= 0.3 is 0 Å². The Labute approximate surface area is 202 Å². The molecule has 0 bridgehead atoms. The van der Waals surface area contributed by atoms with Crippen LogP contribution in [0.3, 0.4) is 0 Å². The number of anilines is 1. The Bertz CT molecular complexity index is 1370. The Morgan fingerprint density at radius 2 is 2.00 bits per heavy atom. The lowest BCUT2D eigenvalue weighted by atomic mass is 10.2. The standard InChI is InChI=1S/C23H19BrN4O4S/c1-14-11-15(7-9-17(14)24)25-22(29)13-33-23-26-18-12-16(28(30)31)8-10-19(18)27(23)20-5-3-4-6-21(20)32-2/h3-12H,13H2,1-2H3,(H,25,29). The highest BCUT2D eigenvalue weighted by atomic mass is 79.9. The van der Waals surface area contributed by atoms with Gasteiger partial charge in [-0.1, -0.05) is 39.8 Å². The predicted molar refractivity (Wildman–Crippen MR) is 133 cm³/mol. The SMILES string of the molecule is COc1ccccc1-n1c(SCC(=O)Nc2ccc(Br)c(C)c2)nc2cc([N+](=O)[O-])ccc21. The summed E-state index contributed by atoms with van der Waals surface area (Å²) in [5.74, 6) is 0.536. The number of fused-ring (bicyclic) bond motifs is 1. The first-order valence-electron chi connectivity index (χ1n) is 9.86. The molecule has 0 saturated carbocycles. The second kappa shape index (κ2) is 9.63. The van der Waals surface area contributed by atoms with Crippen LogP contribution in [-0.4, -0.2) is 33.2 Å². The van der Waals surface area contributed by atoms with Gasteiger partial charge in [0.1, 0.15) is 5.75 Å². The van der Waals surface area contributed by atoms with E-state index in [2.05, 4.69) is 26.2 Å². The van der Waals surface area contributed by atoms with Crippen molar-refractivity contribution in [1.29, 1.82) is 0 Å². The van der Waals surface area contributed by atoms with Crippen molar-refractivity contribution in [3.05, 3.63) is 80.8 Å². The van der Waals surface area contributed by atoms with Crippen LogP contribution in [0.4, 0.5) is 11.4 Å². The molecule has 1 aromatic heterocycles. The molecule has 0 radical (unpaired) electrons. The van der Waals surface area contributed by atoms with E-state index in [9.17, 15) is 14.9 Å². The number of hydrogen-bond acceptors (Lipinski definition) is 6. The van der Waals surface area contributed by atoms with Crippen molar-refractivity contribution < 1.29 is 14.5 Å². The second-order valence-electron chi connectivity index (χ2n) is 7.13. The van der Waals surface area contributed by atoms with E-state index in [1.54, 1.807) is 13.2 Å². The molecule has 0 aliphatic carbocycles. The van der Waals surface area contributed by atoms with Gasteiger partial charge in [0.25, 0.3) is 5.69 Å². The third kappa shape index (κ3) is 4.86. The van der Waals surface area contributed by atoms with Crippen LogP contribution in [0, 0.1) is 17.0 Å². The molecule has 0 fully saturated rings. The summed E-state index contributed by atoms with van der Waals surface area (Å²) in [4.78, 5) is 28.0. The number of aryl methyl sites for hydroxylation is 1. The topological polar surface area (TPSA) is 99.3 Å². The molecule has 168 valence electrons. The fourth-order valence-electron chi connectivity index (χ4n) is 3.35. The normalized spacial score (nSPS) is 10.9. The number of non-ortho nitro benzene ring substituents is 1. The maximum Gasteiger partial charge on any atom is 0.271 e. The Balaban J connectivity index is 1.67. The number of nitrogens with one attached hydrogen (secondary N) is 1. The number of nitrogens with zero attached hydrogens (tertiary/aromatic N) is 3. The van der Waals surface area contributed by atoms with Gasteiger partial charge in [0.2, 0.25) is 5.91 Å². The lowest BCUT2D eigenvalue weighted by Gasteiger charge is -2.13. The Hall–Kier alpha value is -3.37. The van der Waals surface area contributed by atoms with Crippen LogP contribution in [0.25, 0.3) is 16.7 Å². The first-order chi connectivity index (χ1) is 15.9. The van der Waals surface area contributed by atoms with E-state index in [-0.39, 0.29) is 17.3 Å². The molecule has 0 atom stereocenters. The number of amides is 1.